The molecule has 0 saturated carbocycles. The summed E-state index contributed by atoms with van der Waals surface area (Å²) in [5, 5.41) is 20.1. The molecule has 6 nitrogen and oxygen atoms in total. The SMILES string of the molecule is O=[N+]([O-])c1cccc(Cl)c1Oc1nc(Cl)c(CO)s1. The van der Waals surface area contributed by atoms with Crippen molar-refractivity contribution in [1.82, 2.24) is 4.98 Å². The van der Waals surface area contributed by atoms with Crippen LogP contribution in [0.4, 0.5) is 5.69 Å². The number of aromatic nitrogens is 1. The predicted octanol–water partition coefficient (Wildman–Crippen LogP) is 3.64. The molecule has 2 rings (SSSR count). The largest absolute Gasteiger partial charge is 0.422 e. The summed E-state index contributed by atoms with van der Waals surface area (Å²) >= 11 is 12.6. The molecule has 100 valence electrons. The molecule has 2 aromatic rings. The summed E-state index contributed by atoms with van der Waals surface area (Å²) in [7, 11) is 0. The molecule has 0 atom stereocenters. The lowest BCUT2D eigenvalue weighted by Crippen LogP contribution is -1.93. The second-order valence-corrected chi connectivity index (χ2v) is 5.11. The molecule has 1 heterocycles. The van der Waals surface area contributed by atoms with E-state index in [2.05, 4.69) is 4.98 Å². The molecule has 0 bridgehead atoms. The fourth-order valence-corrected chi connectivity index (χ4v) is 2.46. The van der Waals surface area contributed by atoms with Gasteiger partial charge < -0.3 is 9.84 Å². The minimum atomic E-state index is -0.608. The topological polar surface area (TPSA) is 85.5 Å². The molecule has 0 aliphatic heterocycles. The van der Waals surface area contributed by atoms with Crippen LogP contribution in [0.1, 0.15) is 4.88 Å². The van der Waals surface area contributed by atoms with Gasteiger partial charge in [-0.1, -0.05) is 40.6 Å². The molecule has 19 heavy (non-hydrogen) atoms. The highest BCUT2D eigenvalue weighted by molar-refractivity contribution is 7.13. The third kappa shape index (κ3) is 2.95. The van der Waals surface area contributed by atoms with Crippen molar-refractivity contribution < 1.29 is 14.8 Å². The van der Waals surface area contributed by atoms with Gasteiger partial charge in [-0.3, -0.25) is 10.1 Å². The Morgan fingerprint density at radius 1 is 1.47 bits per heavy atom. The number of nitro groups is 1. The number of nitrogens with zero attached hydrogens (tertiary/aromatic N) is 2. The maximum absolute atomic E-state index is 10.9. The summed E-state index contributed by atoms with van der Waals surface area (Å²) < 4.78 is 5.30. The Balaban J connectivity index is 2.39. The van der Waals surface area contributed by atoms with Gasteiger partial charge in [0, 0.05) is 6.07 Å². The fraction of sp³-hybridized carbons (Fsp3) is 0.100. The van der Waals surface area contributed by atoms with E-state index in [1.807, 2.05) is 0 Å². The van der Waals surface area contributed by atoms with E-state index in [4.69, 9.17) is 33.0 Å². The second kappa shape index (κ2) is 5.70. The van der Waals surface area contributed by atoms with E-state index < -0.39 is 4.92 Å². The standard InChI is InChI=1S/C10H6Cl2N2O4S/c11-5-2-1-3-6(14(16)17)8(5)18-10-13-9(12)7(4-15)19-10/h1-3,15H,4H2. The minimum Gasteiger partial charge on any atom is -0.422 e. The number of hydrogen-bond donors (Lipinski definition) is 1. The number of ether oxygens (including phenoxy) is 1. The Bertz CT molecular complexity index is 632. The number of thiazole rings is 1. The number of aliphatic hydroxyl groups is 1. The van der Waals surface area contributed by atoms with Crippen molar-refractivity contribution in [3.05, 3.63) is 43.4 Å². The number of hydrogen-bond acceptors (Lipinski definition) is 6. The number of aliphatic hydroxyl groups excluding tert-OH is 1. The van der Waals surface area contributed by atoms with Gasteiger partial charge >= 0.3 is 5.69 Å². The van der Waals surface area contributed by atoms with Crippen LogP contribution in [0.15, 0.2) is 18.2 Å². The first-order valence-electron chi connectivity index (χ1n) is 4.89. The van der Waals surface area contributed by atoms with Gasteiger partial charge in [0.1, 0.15) is 5.15 Å². The third-order valence-electron chi connectivity index (χ3n) is 2.11. The monoisotopic (exact) mass is 320 g/mol. The van der Waals surface area contributed by atoms with Crippen molar-refractivity contribution >= 4 is 40.2 Å². The van der Waals surface area contributed by atoms with Gasteiger partial charge in [0.05, 0.1) is 21.4 Å². The highest BCUT2D eigenvalue weighted by Crippen LogP contribution is 2.40. The molecule has 1 N–H and O–H groups in total. The van der Waals surface area contributed by atoms with Gasteiger partial charge in [-0.2, -0.15) is 4.98 Å². The summed E-state index contributed by atoms with van der Waals surface area (Å²) in [5.74, 6) is -0.107. The molecule has 9 heteroatoms. The van der Waals surface area contributed by atoms with E-state index in [1.54, 1.807) is 0 Å². The van der Waals surface area contributed by atoms with E-state index in [-0.39, 0.29) is 33.4 Å². The first kappa shape index (κ1) is 14.0. The molecule has 0 amide bonds. The predicted molar refractivity (Wildman–Crippen MR) is 71.2 cm³/mol. The molecule has 0 unspecified atom stereocenters. The highest BCUT2D eigenvalue weighted by Gasteiger charge is 2.21. The van der Waals surface area contributed by atoms with Crippen LogP contribution in [0.3, 0.4) is 0 Å². The number of nitro benzene ring substituents is 1. The second-order valence-electron chi connectivity index (χ2n) is 3.30. The van der Waals surface area contributed by atoms with Gasteiger partial charge in [0.15, 0.2) is 0 Å². The molecule has 1 aromatic carbocycles. The minimum absolute atomic E-state index is 0.0743. The average Bonchev–Trinajstić information content (AvgIpc) is 2.71. The maximum Gasteiger partial charge on any atom is 0.313 e. The Kier molecular flexibility index (Phi) is 4.20. The van der Waals surface area contributed by atoms with Crippen molar-refractivity contribution in [2.45, 2.75) is 6.61 Å². The van der Waals surface area contributed by atoms with Gasteiger partial charge in [0.2, 0.25) is 5.75 Å². The summed E-state index contributed by atoms with van der Waals surface area (Å²) in [6.45, 7) is -0.287. The first-order valence-corrected chi connectivity index (χ1v) is 6.47. The van der Waals surface area contributed by atoms with E-state index in [1.165, 1.54) is 18.2 Å². The molecular weight excluding hydrogens is 315 g/mol. The van der Waals surface area contributed by atoms with Crippen molar-refractivity contribution in [3.8, 4) is 10.9 Å². The highest BCUT2D eigenvalue weighted by atomic mass is 35.5. The number of rotatable bonds is 4. The zero-order valence-electron chi connectivity index (χ0n) is 9.17. The lowest BCUT2D eigenvalue weighted by atomic mass is 10.3. The van der Waals surface area contributed by atoms with Gasteiger partial charge in [0.25, 0.3) is 5.19 Å². The lowest BCUT2D eigenvalue weighted by Gasteiger charge is -2.04. The van der Waals surface area contributed by atoms with Crippen LogP contribution < -0.4 is 4.74 Å². The zero-order valence-corrected chi connectivity index (χ0v) is 11.5. The Hall–Kier alpha value is -1.41. The molecular formula is C10H6Cl2N2O4S. The summed E-state index contributed by atoms with van der Waals surface area (Å²) in [5.41, 5.74) is -0.274. The molecule has 0 spiro atoms. The van der Waals surface area contributed by atoms with E-state index in [0.29, 0.717) is 4.88 Å². The van der Waals surface area contributed by atoms with Crippen LogP contribution in [0.25, 0.3) is 0 Å². The smallest absolute Gasteiger partial charge is 0.313 e. The van der Waals surface area contributed by atoms with Crippen LogP contribution in [-0.2, 0) is 6.61 Å². The molecule has 0 saturated heterocycles. The fourth-order valence-electron chi connectivity index (χ4n) is 1.28. The number of benzene rings is 1. The van der Waals surface area contributed by atoms with Gasteiger partial charge in [-0.05, 0) is 6.07 Å². The van der Waals surface area contributed by atoms with Crippen molar-refractivity contribution in [3.63, 3.8) is 0 Å². The number of para-hydroxylation sites is 1. The van der Waals surface area contributed by atoms with Crippen LogP contribution in [0.5, 0.6) is 10.9 Å². The maximum atomic E-state index is 10.9. The zero-order chi connectivity index (χ0) is 14.0. The normalized spacial score (nSPS) is 10.5. The Labute approximate surface area is 121 Å². The molecule has 1 aromatic heterocycles. The van der Waals surface area contributed by atoms with Crippen LogP contribution in [0.2, 0.25) is 10.2 Å². The van der Waals surface area contributed by atoms with E-state index in [9.17, 15) is 10.1 Å². The van der Waals surface area contributed by atoms with Crippen LogP contribution in [-0.4, -0.2) is 15.0 Å². The summed E-state index contributed by atoms with van der Waals surface area (Å²) in [6.07, 6.45) is 0. The quantitative estimate of drug-likeness (QED) is 0.686. The molecule has 0 aliphatic carbocycles. The van der Waals surface area contributed by atoms with Crippen molar-refractivity contribution in [2.24, 2.45) is 0 Å². The third-order valence-corrected chi connectivity index (χ3v) is 3.75. The summed E-state index contributed by atoms with van der Waals surface area (Å²) in [6, 6.07) is 4.18. The van der Waals surface area contributed by atoms with E-state index in [0.717, 1.165) is 11.3 Å². The summed E-state index contributed by atoms with van der Waals surface area (Å²) in [4.78, 5) is 14.5. The van der Waals surface area contributed by atoms with Crippen LogP contribution in [0, 0.1) is 10.1 Å². The van der Waals surface area contributed by atoms with Crippen molar-refractivity contribution in [2.75, 3.05) is 0 Å². The van der Waals surface area contributed by atoms with Crippen LogP contribution >= 0.6 is 34.5 Å². The molecule has 0 fully saturated rings. The molecule has 0 radical (unpaired) electrons. The van der Waals surface area contributed by atoms with Gasteiger partial charge in [-0.25, -0.2) is 0 Å². The van der Waals surface area contributed by atoms with Gasteiger partial charge in [-0.15, -0.1) is 0 Å². The molecule has 0 aliphatic rings. The first-order chi connectivity index (χ1) is 9.02. The van der Waals surface area contributed by atoms with Crippen molar-refractivity contribution in [1.29, 1.82) is 0 Å². The van der Waals surface area contributed by atoms with E-state index >= 15 is 0 Å². The average molecular weight is 321 g/mol. The Morgan fingerprint density at radius 2 is 2.21 bits per heavy atom. The number of halogens is 2. The Morgan fingerprint density at radius 3 is 2.79 bits per heavy atom. The lowest BCUT2D eigenvalue weighted by molar-refractivity contribution is -0.385.